The monoisotopic (exact) mass is 278 g/mol. The molecular formula is C9H9Cl2FN4O. The van der Waals surface area contributed by atoms with Gasteiger partial charge in [-0.05, 0) is 0 Å². The van der Waals surface area contributed by atoms with E-state index in [0.29, 0.717) is 0 Å². The van der Waals surface area contributed by atoms with Crippen LogP contribution >= 0.6 is 23.4 Å². The molecule has 2 atom stereocenters. The van der Waals surface area contributed by atoms with Gasteiger partial charge in [0.2, 0.25) is 0 Å². The molecular weight excluding hydrogens is 270 g/mol. The van der Waals surface area contributed by atoms with E-state index in [1.165, 1.54) is 12.4 Å². The van der Waals surface area contributed by atoms with Crippen LogP contribution in [0.1, 0.15) is 6.42 Å². The molecule has 1 saturated heterocycles. The van der Waals surface area contributed by atoms with Crippen molar-refractivity contribution in [1.82, 2.24) is 15.3 Å². The molecule has 1 aliphatic rings. The standard InChI is InChI=1S/C9H9Cl2FN4O/c10-7-3-13-4-8(15-7)16(11)9(17)6-1-5(12)2-14-6/h3-6,14H,1-2H2/t5-,6+/m1/s1. The Labute approximate surface area is 107 Å². The summed E-state index contributed by atoms with van der Waals surface area (Å²) in [6.45, 7) is 0.155. The maximum absolute atomic E-state index is 12.9. The zero-order chi connectivity index (χ0) is 12.4. The Bertz CT molecular complexity index is 433. The minimum Gasteiger partial charge on any atom is -0.303 e. The number of aromatic nitrogens is 2. The van der Waals surface area contributed by atoms with Crippen LogP contribution in [0.5, 0.6) is 0 Å². The van der Waals surface area contributed by atoms with E-state index in [-0.39, 0.29) is 23.9 Å². The van der Waals surface area contributed by atoms with Crippen molar-refractivity contribution in [2.75, 3.05) is 11.0 Å². The van der Waals surface area contributed by atoms with Gasteiger partial charge in [-0.2, -0.15) is 0 Å². The van der Waals surface area contributed by atoms with Crippen LogP contribution in [0.2, 0.25) is 5.15 Å². The van der Waals surface area contributed by atoms with E-state index in [1.54, 1.807) is 0 Å². The van der Waals surface area contributed by atoms with Crippen molar-refractivity contribution < 1.29 is 9.18 Å². The fourth-order valence-corrected chi connectivity index (χ4v) is 1.90. The second kappa shape index (κ2) is 5.12. The third-order valence-corrected chi connectivity index (χ3v) is 2.88. The molecule has 0 spiro atoms. The molecule has 17 heavy (non-hydrogen) atoms. The Morgan fingerprint density at radius 2 is 2.35 bits per heavy atom. The van der Waals surface area contributed by atoms with Crippen LogP contribution in [0.15, 0.2) is 12.4 Å². The molecule has 0 bridgehead atoms. The molecule has 1 N–H and O–H groups in total. The van der Waals surface area contributed by atoms with Crippen LogP contribution < -0.4 is 9.74 Å². The number of carbonyl (C=O) groups excluding carboxylic acids is 1. The molecule has 8 heteroatoms. The average Bonchev–Trinajstić information content (AvgIpc) is 2.74. The molecule has 0 saturated carbocycles. The number of anilines is 1. The van der Waals surface area contributed by atoms with Crippen molar-refractivity contribution in [3.63, 3.8) is 0 Å². The Balaban J connectivity index is 2.09. The zero-order valence-corrected chi connectivity index (χ0v) is 10.1. The van der Waals surface area contributed by atoms with Crippen molar-refractivity contribution in [3.05, 3.63) is 17.5 Å². The first kappa shape index (κ1) is 12.5. The maximum atomic E-state index is 12.9. The molecule has 0 radical (unpaired) electrons. The van der Waals surface area contributed by atoms with E-state index in [9.17, 15) is 9.18 Å². The lowest BCUT2D eigenvalue weighted by atomic mass is 10.2. The van der Waals surface area contributed by atoms with Crippen molar-refractivity contribution in [2.45, 2.75) is 18.6 Å². The van der Waals surface area contributed by atoms with Crippen LogP contribution in [0.3, 0.4) is 0 Å². The minimum absolute atomic E-state index is 0.107. The molecule has 1 aromatic heterocycles. The van der Waals surface area contributed by atoms with Crippen LogP contribution in [0, 0.1) is 0 Å². The molecule has 2 rings (SSSR count). The predicted octanol–water partition coefficient (Wildman–Crippen LogP) is 1.32. The molecule has 1 aromatic rings. The van der Waals surface area contributed by atoms with Gasteiger partial charge < -0.3 is 5.32 Å². The topological polar surface area (TPSA) is 58.1 Å². The van der Waals surface area contributed by atoms with Crippen LogP contribution in [0.25, 0.3) is 0 Å². The molecule has 0 aromatic carbocycles. The highest BCUT2D eigenvalue weighted by atomic mass is 35.5. The number of hydrogen-bond donors (Lipinski definition) is 1. The van der Waals surface area contributed by atoms with Gasteiger partial charge in [-0.3, -0.25) is 9.78 Å². The number of carbonyl (C=O) groups is 1. The van der Waals surface area contributed by atoms with Gasteiger partial charge in [0.25, 0.3) is 5.91 Å². The molecule has 0 unspecified atom stereocenters. The Morgan fingerprint density at radius 1 is 1.59 bits per heavy atom. The highest BCUT2D eigenvalue weighted by Gasteiger charge is 2.33. The molecule has 1 amide bonds. The summed E-state index contributed by atoms with van der Waals surface area (Å²) >= 11 is 11.4. The fourth-order valence-electron chi connectivity index (χ4n) is 1.56. The quantitative estimate of drug-likeness (QED) is 0.829. The fraction of sp³-hybridized carbons (Fsp3) is 0.444. The van der Waals surface area contributed by atoms with Gasteiger partial charge in [0, 0.05) is 24.7 Å². The second-order valence-electron chi connectivity index (χ2n) is 3.61. The normalized spacial score (nSPS) is 23.7. The van der Waals surface area contributed by atoms with E-state index >= 15 is 0 Å². The highest BCUT2D eigenvalue weighted by molar-refractivity contribution is 6.37. The van der Waals surface area contributed by atoms with E-state index < -0.39 is 18.1 Å². The van der Waals surface area contributed by atoms with Crippen LogP contribution in [-0.2, 0) is 4.79 Å². The number of amides is 1. The molecule has 1 fully saturated rings. The smallest absolute Gasteiger partial charge is 0.260 e. The van der Waals surface area contributed by atoms with E-state index in [0.717, 1.165) is 4.42 Å². The maximum Gasteiger partial charge on any atom is 0.260 e. The Kier molecular flexibility index (Phi) is 3.76. The van der Waals surface area contributed by atoms with Gasteiger partial charge in [0.05, 0.1) is 18.4 Å². The first-order valence-electron chi connectivity index (χ1n) is 4.92. The lowest BCUT2D eigenvalue weighted by molar-refractivity contribution is -0.119. The van der Waals surface area contributed by atoms with Crippen molar-refractivity contribution >= 4 is 35.1 Å². The summed E-state index contributed by atoms with van der Waals surface area (Å²) in [7, 11) is 0. The average molecular weight is 279 g/mol. The van der Waals surface area contributed by atoms with Crippen LogP contribution in [-0.4, -0.2) is 34.6 Å². The Morgan fingerprint density at radius 3 is 2.94 bits per heavy atom. The number of nitrogens with zero attached hydrogens (tertiary/aromatic N) is 3. The third kappa shape index (κ3) is 2.83. The second-order valence-corrected chi connectivity index (χ2v) is 4.34. The highest BCUT2D eigenvalue weighted by Crippen LogP contribution is 2.19. The van der Waals surface area contributed by atoms with E-state index in [1.807, 2.05) is 0 Å². The van der Waals surface area contributed by atoms with Crippen molar-refractivity contribution in [2.24, 2.45) is 0 Å². The van der Waals surface area contributed by atoms with Gasteiger partial charge in [0.1, 0.15) is 11.3 Å². The minimum atomic E-state index is -1.03. The Hall–Kier alpha value is -0.980. The molecule has 2 heterocycles. The van der Waals surface area contributed by atoms with Gasteiger partial charge in [-0.15, -0.1) is 0 Å². The summed E-state index contributed by atoms with van der Waals surface area (Å²) in [6, 6.07) is -0.636. The molecule has 5 nitrogen and oxygen atoms in total. The largest absolute Gasteiger partial charge is 0.303 e. The number of nitrogens with one attached hydrogen (secondary N) is 1. The van der Waals surface area contributed by atoms with E-state index in [2.05, 4.69) is 15.3 Å². The molecule has 92 valence electrons. The van der Waals surface area contributed by atoms with Gasteiger partial charge in [-0.25, -0.2) is 13.8 Å². The number of hydrogen-bond acceptors (Lipinski definition) is 4. The van der Waals surface area contributed by atoms with Gasteiger partial charge in [0.15, 0.2) is 5.82 Å². The van der Waals surface area contributed by atoms with Crippen molar-refractivity contribution in [3.8, 4) is 0 Å². The summed E-state index contributed by atoms with van der Waals surface area (Å²) in [5.74, 6) is -0.350. The predicted molar refractivity (Wildman–Crippen MR) is 61.7 cm³/mol. The van der Waals surface area contributed by atoms with E-state index in [4.69, 9.17) is 23.4 Å². The first-order valence-corrected chi connectivity index (χ1v) is 5.64. The molecule has 0 aliphatic carbocycles. The number of halogens is 3. The third-order valence-electron chi connectivity index (χ3n) is 2.36. The zero-order valence-electron chi connectivity index (χ0n) is 8.61. The van der Waals surface area contributed by atoms with Gasteiger partial charge >= 0.3 is 0 Å². The lowest BCUT2D eigenvalue weighted by Gasteiger charge is -2.16. The summed E-state index contributed by atoms with van der Waals surface area (Å²) in [5, 5.41) is 2.87. The summed E-state index contributed by atoms with van der Waals surface area (Å²) in [4.78, 5) is 19.5. The SMILES string of the molecule is O=C([C@@H]1C[C@@H](F)CN1)N(Cl)c1cncc(Cl)n1. The summed E-state index contributed by atoms with van der Waals surface area (Å²) < 4.78 is 13.7. The first-order chi connectivity index (χ1) is 8.08. The summed E-state index contributed by atoms with van der Waals surface area (Å²) in [5.41, 5.74) is 0. The number of rotatable bonds is 2. The number of alkyl halides is 1. The molecule has 1 aliphatic heterocycles. The lowest BCUT2D eigenvalue weighted by Crippen LogP contribution is -2.39. The van der Waals surface area contributed by atoms with Crippen molar-refractivity contribution in [1.29, 1.82) is 0 Å². The van der Waals surface area contributed by atoms with Crippen LogP contribution in [0.4, 0.5) is 10.2 Å². The van der Waals surface area contributed by atoms with Gasteiger partial charge in [-0.1, -0.05) is 11.6 Å². The summed E-state index contributed by atoms with van der Waals surface area (Å²) in [6.07, 6.45) is 1.71.